The Bertz CT molecular complexity index is 821. The summed E-state index contributed by atoms with van der Waals surface area (Å²) in [4.78, 5) is 0. The van der Waals surface area contributed by atoms with Gasteiger partial charge in [-0.25, -0.2) is 0 Å². The van der Waals surface area contributed by atoms with E-state index in [0.29, 0.717) is 0 Å². The summed E-state index contributed by atoms with van der Waals surface area (Å²) in [5.74, 6) is 0. The van der Waals surface area contributed by atoms with Gasteiger partial charge in [-0.3, -0.25) is 10.4 Å². The van der Waals surface area contributed by atoms with Crippen LogP contribution in [0.15, 0.2) is 48.5 Å². The number of nitrogens with zero attached hydrogens (tertiary/aromatic N) is 1. The third kappa shape index (κ3) is 2.64. The molecule has 4 rings (SSSR count). The molecule has 1 unspecified atom stereocenters. The number of aryl methyl sites for hydroxylation is 1. The predicted molar refractivity (Wildman–Crippen MR) is 91.1 cm³/mol. The molecule has 3 aromatic rings. The molecule has 0 bridgehead atoms. The summed E-state index contributed by atoms with van der Waals surface area (Å²) >= 11 is 0. The number of rotatable bonds is 5. The van der Waals surface area contributed by atoms with Crippen LogP contribution in [0, 0.1) is 6.92 Å². The first-order chi connectivity index (χ1) is 11.2. The van der Waals surface area contributed by atoms with Gasteiger partial charge in [-0.2, -0.15) is 5.10 Å². The van der Waals surface area contributed by atoms with Gasteiger partial charge in [-0.15, -0.1) is 0 Å². The Morgan fingerprint density at radius 3 is 2.74 bits per heavy atom. The zero-order valence-corrected chi connectivity index (χ0v) is 13.2. The molecule has 1 saturated carbocycles. The summed E-state index contributed by atoms with van der Waals surface area (Å²) in [7, 11) is 0. The first kappa shape index (κ1) is 14.4. The molecule has 0 radical (unpaired) electrons. The second-order valence-electron chi connectivity index (χ2n) is 6.54. The molecule has 4 heteroatoms. The van der Waals surface area contributed by atoms with Crippen molar-refractivity contribution < 1.29 is 5.11 Å². The quantitative estimate of drug-likeness (QED) is 0.634. The van der Waals surface area contributed by atoms with Crippen LogP contribution in [0.2, 0.25) is 0 Å². The Morgan fingerprint density at radius 2 is 2.00 bits per heavy atom. The number of fused-ring (bicyclic) bond motifs is 1. The second-order valence-corrected chi connectivity index (χ2v) is 6.54. The van der Waals surface area contributed by atoms with E-state index in [1.165, 1.54) is 18.4 Å². The SMILES string of the molecule is Cc1n[nH]c2ccc(C(O)NCC3(c4ccccc4)CC3)cc12. The third-order valence-corrected chi connectivity index (χ3v) is 4.97. The molecule has 1 fully saturated rings. The number of hydrogen-bond donors (Lipinski definition) is 3. The molecule has 2 aromatic carbocycles. The molecule has 1 aliphatic rings. The van der Waals surface area contributed by atoms with Gasteiger partial charge in [0.05, 0.1) is 11.2 Å². The fraction of sp³-hybridized carbons (Fsp3) is 0.316. The normalized spacial score (nSPS) is 17.3. The van der Waals surface area contributed by atoms with E-state index in [2.05, 4.69) is 39.8 Å². The number of aromatic nitrogens is 2. The predicted octanol–water partition coefficient (Wildman–Crippen LogP) is 3.18. The molecule has 4 nitrogen and oxygen atoms in total. The first-order valence-corrected chi connectivity index (χ1v) is 8.10. The van der Waals surface area contributed by atoms with Crippen LogP contribution in [0.5, 0.6) is 0 Å². The van der Waals surface area contributed by atoms with Crippen LogP contribution < -0.4 is 5.32 Å². The average molecular weight is 307 g/mol. The van der Waals surface area contributed by atoms with Gasteiger partial charge < -0.3 is 5.11 Å². The Morgan fingerprint density at radius 1 is 1.22 bits per heavy atom. The molecule has 118 valence electrons. The maximum absolute atomic E-state index is 10.5. The van der Waals surface area contributed by atoms with Crippen LogP contribution in [0.3, 0.4) is 0 Å². The van der Waals surface area contributed by atoms with E-state index in [1.807, 2.05) is 31.2 Å². The smallest absolute Gasteiger partial charge is 0.131 e. The average Bonchev–Trinajstić information content (AvgIpc) is 3.31. The van der Waals surface area contributed by atoms with Crippen LogP contribution in [0.25, 0.3) is 10.9 Å². The van der Waals surface area contributed by atoms with Crippen molar-refractivity contribution in [1.82, 2.24) is 15.5 Å². The largest absolute Gasteiger partial charge is 0.374 e. The highest BCUT2D eigenvalue weighted by Gasteiger charge is 2.43. The van der Waals surface area contributed by atoms with E-state index in [4.69, 9.17) is 0 Å². The van der Waals surface area contributed by atoms with E-state index in [-0.39, 0.29) is 5.41 Å². The Labute approximate surface area is 135 Å². The third-order valence-electron chi connectivity index (χ3n) is 4.97. The fourth-order valence-electron chi connectivity index (χ4n) is 3.25. The van der Waals surface area contributed by atoms with E-state index >= 15 is 0 Å². The van der Waals surface area contributed by atoms with Crippen molar-refractivity contribution in [3.63, 3.8) is 0 Å². The lowest BCUT2D eigenvalue weighted by Crippen LogP contribution is -2.30. The number of aromatic amines is 1. The van der Waals surface area contributed by atoms with Crippen molar-refractivity contribution >= 4 is 10.9 Å². The minimum Gasteiger partial charge on any atom is -0.374 e. The molecule has 1 aromatic heterocycles. The van der Waals surface area contributed by atoms with Crippen LogP contribution in [0.4, 0.5) is 0 Å². The van der Waals surface area contributed by atoms with E-state index in [0.717, 1.165) is 28.7 Å². The van der Waals surface area contributed by atoms with Crippen LogP contribution in [-0.4, -0.2) is 21.8 Å². The molecule has 0 aliphatic heterocycles. The molecule has 0 spiro atoms. The van der Waals surface area contributed by atoms with Crippen molar-refractivity contribution in [2.45, 2.75) is 31.4 Å². The highest BCUT2D eigenvalue weighted by atomic mass is 16.3. The lowest BCUT2D eigenvalue weighted by Gasteiger charge is -2.20. The second kappa shape index (κ2) is 5.48. The van der Waals surface area contributed by atoms with Gasteiger partial charge in [0.15, 0.2) is 0 Å². The topological polar surface area (TPSA) is 60.9 Å². The molecule has 3 N–H and O–H groups in total. The van der Waals surface area contributed by atoms with Gasteiger partial charge in [-0.1, -0.05) is 36.4 Å². The van der Waals surface area contributed by atoms with Crippen LogP contribution in [-0.2, 0) is 5.41 Å². The molecule has 23 heavy (non-hydrogen) atoms. The fourth-order valence-corrected chi connectivity index (χ4v) is 3.25. The minimum atomic E-state index is -0.658. The molecule has 1 atom stereocenters. The number of aliphatic hydroxyl groups excluding tert-OH is 1. The van der Waals surface area contributed by atoms with Gasteiger partial charge in [0.2, 0.25) is 0 Å². The van der Waals surface area contributed by atoms with Gasteiger partial charge in [0.25, 0.3) is 0 Å². The van der Waals surface area contributed by atoms with Crippen LogP contribution in [0.1, 0.15) is 35.9 Å². The maximum Gasteiger partial charge on any atom is 0.131 e. The lowest BCUT2D eigenvalue weighted by atomic mass is 9.96. The van der Waals surface area contributed by atoms with E-state index in [9.17, 15) is 5.11 Å². The zero-order valence-electron chi connectivity index (χ0n) is 13.2. The van der Waals surface area contributed by atoms with Crippen molar-refractivity contribution in [3.05, 3.63) is 65.4 Å². The molecular weight excluding hydrogens is 286 g/mol. The summed E-state index contributed by atoms with van der Waals surface area (Å²) in [5.41, 5.74) is 4.39. The summed E-state index contributed by atoms with van der Waals surface area (Å²) in [6, 6.07) is 16.5. The lowest BCUT2D eigenvalue weighted by molar-refractivity contribution is 0.135. The zero-order chi connectivity index (χ0) is 15.9. The highest BCUT2D eigenvalue weighted by molar-refractivity contribution is 5.81. The standard InChI is InChI=1S/C19H21N3O/c1-13-16-11-14(7-8-17(16)22-21-13)18(23)20-12-19(9-10-19)15-5-3-2-4-6-15/h2-8,11,18,20,23H,9-10,12H2,1H3,(H,21,22). The molecule has 0 amide bonds. The van der Waals surface area contributed by atoms with Crippen molar-refractivity contribution in [2.75, 3.05) is 6.54 Å². The van der Waals surface area contributed by atoms with Crippen LogP contribution >= 0.6 is 0 Å². The number of aliphatic hydroxyl groups is 1. The first-order valence-electron chi connectivity index (χ1n) is 8.10. The number of benzene rings is 2. The van der Waals surface area contributed by atoms with Gasteiger partial charge >= 0.3 is 0 Å². The summed E-state index contributed by atoms with van der Waals surface area (Å²) in [5, 5.41) is 22.1. The van der Waals surface area contributed by atoms with E-state index < -0.39 is 6.23 Å². The number of nitrogens with one attached hydrogen (secondary N) is 2. The van der Waals surface area contributed by atoms with Crippen molar-refractivity contribution in [3.8, 4) is 0 Å². The Balaban J connectivity index is 1.49. The van der Waals surface area contributed by atoms with Gasteiger partial charge in [0.1, 0.15) is 6.23 Å². The monoisotopic (exact) mass is 307 g/mol. The Kier molecular flexibility index (Phi) is 3.43. The molecule has 1 heterocycles. The van der Waals surface area contributed by atoms with Gasteiger partial charge in [0, 0.05) is 17.3 Å². The van der Waals surface area contributed by atoms with Crippen molar-refractivity contribution in [2.24, 2.45) is 0 Å². The summed E-state index contributed by atoms with van der Waals surface area (Å²) in [6.45, 7) is 2.76. The van der Waals surface area contributed by atoms with E-state index in [1.54, 1.807) is 0 Å². The maximum atomic E-state index is 10.5. The van der Waals surface area contributed by atoms with Crippen molar-refractivity contribution in [1.29, 1.82) is 0 Å². The summed E-state index contributed by atoms with van der Waals surface area (Å²) < 4.78 is 0. The Hall–Kier alpha value is -2.17. The molecule has 0 saturated heterocycles. The minimum absolute atomic E-state index is 0.192. The highest BCUT2D eigenvalue weighted by Crippen LogP contribution is 2.47. The molecule has 1 aliphatic carbocycles. The number of hydrogen-bond acceptors (Lipinski definition) is 3. The summed E-state index contributed by atoms with van der Waals surface area (Å²) in [6.07, 6.45) is 1.70. The van der Waals surface area contributed by atoms with Gasteiger partial charge in [-0.05, 0) is 43.0 Å². The number of H-pyrrole nitrogens is 1. The molecular formula is C19H21N3O.